The van der Waals surface area contributed by atoms with Crippen molar-refractivity contribution in [3.63, 3.8) is 0 Å². The molecular weight excluding hydrogens is 325 g/mol. The van der Waals surface area contributed by atoms with Crippen molar-refractivity contribution in [1.29, 1.82) is 0 Å². The second-order valence-corrected chi connectivity index (χ2v) is 6.44. The molecule has 0 atom stereocenters. The van der Waals surface area contributed by atoms with Crippen LogP contribution in [0.15, 0.2) is 47.4 Å². The zero-order valence-electron chi connectivity index (χ0n) is 11.5. The summed E-state index contributed by atoms with van der Waals surface area (Å²) in [5.74, 6) is 1.73. The zero-order valence-corrected chi connectivity index (χ0v) is 13.8. The van der Waals surface area contributed by atoms with E-state index in [4.69, 9.17) is 33.7 Å². The number of nitrogens with two attached hydrogens (primary N) is 1. The van der Waals surface area contributed by atoms with Crippen molar-refractivity contribution in [2.24, 2.45) is 5.73 Å². The van der Waals surface area contributed by atoms with E-state index in [9.17, 15) is 0 Å². The van der Waals surface area contributed by atoms with Crippen molar-refractivity contribution in [1.82, 2.24) is 0 Å². The summed E-state index contributed by atoms with van der Waals surface area (Å²) < 4.78 is 5.70. The number of halogens is 2. The number of hydrogen-bond donors (Lipinski definition) is 1. The first-order valence-corrected chi connectivity index (χ1v) is 8.43. The highest BCUT2D eigenvalue weighted by Crippen LogP contribution is 2.27. The van der Waals surface area contributed by atoms with Crippen LogP contribution in [-0.2, 0) is 6.42 Å². The Balaban J connectivity index is 1.75. The van der Waals surface area contributed by atoms with Crippen molar-refractivity contribution >= 4 is 35.0 Å². The van der Waals surface area contributed by atoms with Gasteiger partial charge in [-0.25, -0.2) is 0 Å². The smallest absolute Gasteiger partial charge is 0.119 e. The van der Waals surface area contributed by atoms with Crippen LogP contribution in [0, 0.1) is 0 Å². The van der Waals surface area contributed by atoms with Gasteiger partial charge in [-0.1, -0.05) is 35.3 Å². The molecule has 0 saturated carbocycles. The van der Waals surface area contributed by atoms with Gasteiger partial charge in [-0.2, -0.15) is 0 Å². The van der Waals surface area contributed by atoms with Crippen LogP contribution >= 0.6 is 35.0 Å². The van der Waals surface area contributed by atoms with Gasteiger partial charge in [0.05, 0.1) is 16.7 Å². The van der Waals surface area contributed by atoms with E-state index < -0.39 is 0 Å². The van der Waals surface area contributed by atoms with Crippen molar-refractivity contribution < 1.29 is 4.74 Å². The lowest BCUT2D eigenvalue weighted by molar-refractivity contribution is 0.344. The Morgan fingerprint density at radius 1 is 1.00 bits per heavy atom. The van der Waals surface area contributed by atoms with Crippen molar-refractivity contribution in [2.75, 3.05) is 18.9 Å². The summed E-state index contributed by atoms with van der Waals surface area (Å²) in [4.78, 5) is 1.09. The van der Waals surface area contributed by atoms with Gasteiger partial charge in [-0.05, 0) is 48.9 Å². The summed E-state index contributed by atoms with van der Waals surface area (Å²) >= 11 is 13.6. The average Bonchev–Trinajstić information content (AvgIpc) is 2.49. The molecule has 0 radical (unpaired) electrons. The maximum Gasteiger partial charge on any atom is 0.119 e. The van der Waals surface area contributed by atoms with Crippen LogP contribution in [0.1, 0.15) is 5.56 Å². The van der Waals surface area contributed by atoms with E-state index in [1.165, 1.54) is 5.56 Å². The van der Waals surface area contributed by atoms with Gasteiger partial charge in [0.15, 0.2) is 0 Å². The Bertz CT molecular complexity index is 575. The molecule has 0 amide bonds. The van der Waals surface area contributed by atoms with E-state index >= 15 is 0 Å². The molecule has 0 aromatic heterocycles. The van der Waals surface area contributed by atoms with Crippen LogP contribution in [0.25, 0.3) is 0 Å². The van der Waals surface area contributed by atoms with Crippen LogP contribution < -0.4 is 10.5 Å². The molecule has 2 aromatic rings. The molecule has 0 saturated heterocycles. The van der Waals surface area contributed by atoms with Crippen LogP contribution in [0.3, 0.4) is 0 Å². The molecule has 0 spiro atoms. The Kier molecular flexibility index (Phi) is 6.71. The molecule has 21 heavy (non-hydrogen) atoms. The van der Waals surface area contributed by atoms with E-state index in [0.717, 1.165) is 22.8 Å². The predicted octanol–water partition coefficient (Wildman–Crippen LogP) is 4.67. The first-order chi connectivity index (χ1) is 10.2. The molecule has 0 aliphatic carbocycles. The van der Waals surface area contributed by atoms with Crippen molar-refractivity contribution in [3.8, 4) is 5.75 Å². The highest BCUT2D eigenvalue weighted by atomic mass is 35.5. The molecule has 0 aliphatic heterocycles. The van der Waals surface area contributed by atoms with Gasteiger partial charge in [0, 0.05) is 10.6 Å². The van der Waals surface area contributed by atoms with Gasteiger partial charge < -0.3 is 10.5 Å². The molecule has 2 N–H and O–H groups in total. The van der Waals surface area contributed by atoms with Crippen LogP contribution in [0.5, 0.6) is 5.75 Å². The molecule has 0 heterocycles. The second kappa shape index (κ2) is 8.54. The molecule has 0 bridgehead atoms. The maximum absolute atomic E-state index is 5.98. The fraction of sp³-hybridized carbons (Fsp3) is 0.250. The first-order valence-electron chi connectivity index (χ1n) is 6.68. The van der Waals surface area contributed by atoms with Crippen molar-refractivity contribution in [3.05, 3.63) is 58.1 Å². The third kappa shape index (κ3) is 5.44. The van der Waals surface area contributed by atoms with Gasteiger partial charge >= 0.3 is 0 Å². The minimum atomic E-state index is 0.579. The Morgan fingerprint density at radius 2 is 1.76 bits per heavy atom. The third-order valence-electron chi connectivity index (χ3n) is 2.87. The van der Waals surface area contributed by atoms with Crippen LogP contribution in [-0.4, -0.2) is 18.9 Å². The summed E-state index contributed by atoms with van der Waals surface area (Å²) in [7, 11) is 0. The summed E-state index contributed by atoms with van der Waals surface area (Å²) in [6, 6.07) is 13.7. The fourth-order valence-electron chi connectivity index (χ4n) is 1.80. The average molecular weight is 342 g/mol. The van der Waals surface area contributed by atoms with Gasteiger partial charge in [0.2, 0.25) is 0 Å². The lowest BCUT2D eigenvalue weighted by atomic mass is 10.1. The normalized spacial score (nSPS) is 10.6. The summed E-state index contributed by atoms with van der Waals surface area (Å²) in [5, 5.41) is 1.16. The largest absolute Gasteiger partial charge is 0.493 e. The molecule has 112 valence electrons. The molecule has 2 aromatic carbocycles. The third-order valence-corrected chi connectivity index (χ3v) is 4.57. The molecule has 0 unspecified atom stereocenters. The van der Waals surface area contributed by atoms with Gasteiger partial charge in [0.25, 0.3) is 0 Å². The summed E-state index contributed by atoms with van der Waals surface area (Å²) in [6.07, 6.45) is 0.896. The van der Waals surface area contributed by atoms with Gasteiger partial charge in [0.1, 0.15) is 5.75 Å². The first kappa shape index (κ1) is 16.5. The number of benzene rings is 2. The summed E-state index contributed by atoms with van der Waals surface area (Å²) in [6.45, 7) is 1.31. The summed E-state index contributed by atoms with van der Waals surface area (Å²) in [5.41, 5.74) is 6.75. The number of rotatable bonds is 7. The molecule has 0 fully saturated rings. The predicted molar refractivity (Wildman–Crippen MR) is 91.9 cm³/mol. The highest BCUT2D eigenvalue weighted by molar-refractivity contribution is 7.99. The van der Waals surface area contributed by atoms with Gasteiger partial charge in [-0.3, -0.25) is 0 Å². The number of hydrogen-bond acceptors (Lipinski definition) is 3. The lowest BCUT2D eigenvalue weighted by Gasteiger charge is -2.07. The standard InChI is InChI=1S/C16H17Cl2NOS/c17-15-6-5-14(11-16(15)18)21-10-9-20-13-3-1-12(2-4-13)7-8-19/h1-6,11H,7-10,19H2. The quantitative estimate of drug-likeness (QED) is 0.587. The minimum absolute atomic E-state index is 0.579. The van der Waals surface area contributed by atoms with Crippen LogP contribution in [0.2, 0.25) is 10.0 Å². The van der Waals surface area contributed by atoms with E-state index in [0.29, 0.717) is 23.2 Å². The maximum atomic E-state index is 5.98. The van der Waals surface area contributed by atoms with E-state index in [2.05, 4.69) is 0 Å². The Morgan fingerprint density at radius 3 is 2.43 bits per heavy atom. The second-order valence-electron chi connectivity index (χ2n) is 4.46. The lowest BCUT2D eigenvalue weighted by Crippen LogP contribution is -2.03. The number of ether oxygens (including phenoxy) is 1. The highest BCUT2D eigenvalue weighted by Gasteiger charge is 2.01. The SMILES string of the molecule is NCCc1ccc(OCCSc2ccc(Cl)c(Cl)c2)cc1. The fourth-order valence-corrected chi connectivity index (χ4v) is 2.94. The molecule has 2 nitrogen and oxygen atoms in total. The molecule has 2 rings (SSSR count). The minimum Gasteiger partial charge on any atom is -0.493 e. The van der Waals surface area contributed by atoms with E-state index in [1.54, 1.807) is 11.8 Å². The molecule has 5 heteroatoms. The van der Waals surface area contributed by atoms with E-state index in [1.807, 2.05) is 42.5 Å². The van der Waals surface area contributed by atoms with Gasteiger partial charge in [-0.15, -0.1) is 11.8 Å². The Hall–Kier alpha value is -0.870. The molecular formula is C16H17Cl2NOS. The monoisotopic (exact) mass is 341 g/mol. The van der Waals surface area contributed by atoms with Crippen molar-refractivity contribution in [2.45, 2.75) is 11.3 Å². The topological polar surface area (TPSA) is 35.2 Å². The van der Waals surface area contributed by atoms with E-state index in [-0.39, 0.29) is 0 Å². The number of thioether (sulfide) groups is 1. The van der Waals surface area contributed by atoms with Crippen LogP contribution in [0.4, 0.5) is 0 Å². The molecule has 0 aliphatic rings. The zero-order chi connectivity index (χ0) is 15.1. The Labute approximate surface area is 139 Å².